The monoisotopic (exact) mass is 720 g/mol. The third kappa shape index (κ3) is 10.9. The molecule has 1 heterocycles. The maximum absolute atomic E-state index is 14.2. The first-order valence-corrected chi connectivity index (χ1v) is 17.8. The quantitative estimate of drug-likeness (QED) is 0.151. The van der Waals surface area contributed by atoms with Crippen LogP contribution in [0.1, 0.15) is 60.2 Å². The summed E-state index contributed by atoms with van der Waals surface area (Å²) >= 11 is 0. The lowest BCUT2D eigenvalue weighted by Gasteiger charge is -2.40. The van der Waals surface area contributed by atoms with Crippen molar-refractivity contribution < 1.29 is 33.4 Å². The Kier molecular flexibility index (Phi) is 13.2. The molecular formula is C42H48N4O7. The largest absolute Gasteiger partial charge is 0.453 e. The Morgan fingerprint density at radius 2 is 1.42 bits per heavy atom. The summed E-state index contributed by atoms with van der Waals surface area (Å²) in [5.41, 5.74) is 2.98. The normalized spacial score (nSPS) is 16.3. The maximum atomic E-state index is 14.2. The molecule has 1 fully saturated rings. The van der Waals surface area contributed by atoms with Crippen LogP contribution in [-0.2, 0) is 25.4 Å². The summed E-state index contributed by atoms with van der Waals surface area (Å²) in [5, 5.41) is 8.78. The third-order valence-electron chi connectivity index (χ3n) is 8.93. The van der Waals surface area contributed by atoms with Gasteiger partial charge in [0.2, 0.25) is 5.91 Å². The van der Waals surface area contributed by atoms with Crippen LogP contribution in [0.5, 0.6) is 0 Å². The number of alkyl carbamates (subject to hydrolysis) is 1. The van der Waals surface area contributed by atoms with E-state index in [1.165, 1.54) is 7.11 Å². The van der Waals surface area contributed by atoms with Gasteiger partial charge in [0.1, 0.15) is 11.6 Å². The van der Waals surface area contributed by atoms with Crippen LogP contribution < -0.4 is 16.0 Å². The zero-order valence-electron chi connectivity index (χ0n) is 30.6. The second kappa shape index (κ2) is 18.2. The summed E-state index contributed by atoms with van der Waals surface area (Å²) in [4.78, 5) is 54.6. The molecule has 0 radical (unpaired) electrons. The number of carbonyl (C=O) groups excluding carboxylic acids is 4. The Morgan fingerprint density at radius 3 is 2.02 bits per heavy atom. The number of rotatable bonds is 12. The molecule has 4 aromatic carbocycles. The summed E-state index contributed by atoms with van der Waals surface area (Å²) in [6, 6.07) is 34.0. The smallest absolute Gasteiger partial charge is 0.410 e. The number of benzene rings is 4. The van der Waals surface area contributed by atoms with E-state index in [1.54, 1.807) is 29.2 Å². The standard InChI is InChI=1S/C42H48N4O7/c1-42(2,3)53-41(50)46-27-34(52-28-33(46)26-43-38(47)32-21-12-7-13-22-32)25-24-29-16-14-15-23-35(29)44-39(48)37(45-40(49)51-4)36(30-17-8-5-9-18-30)31-19-10-6-11-20-31/h5-23,33-34,36-37H,24-28H2,1-4H3,(H,43,47)(H,44,48)(H,45,49)/t33-,34-,37+/m1/s1. The summed E-state index contributed by atoms with van der Waals surface area (Å²) in [6.45, 7) is 6.10. The van der Waals surface area contributed by atoms with E-state index in [-0.39, 0.29) is 31.7 Å². The molecule has 0 unspecified atom stereocenters. The first kappa shape index (κ1) is 38.5. The molecule has 3 atom stereocenters. The van der Waals surface area contributed by atoms with Crippen molar-refractivity contribution >= 4 is 29.7 Å². The van der Waals surface area contributed by atoms with Crippen molar-refractivity contribution in [3.63, 3.8) is 0 Å². The summed E-state index contributed by atoms with van der Waals surface area (Å²) in [6.07, 6.45) is -0.475. The first-order valence-electron chi connectivity index (χ1n) is 17.8. The molecule has 4 amide bonds. The molecule has 4 aromatic rings. The predicted molar refractivity (Wildman–Crippen MR) is 203 cm³/mol. The fourth-order valence-corrected chi connectivity index (χ4v) is 6.32. The van der Waals surface area contributed by atoms with E-state index in [9.17, 15) is 19.2 Å². The number of nitrogens with one attached hydrogen (secondary N) is 3. The number of nitrogens with zero attached hydrogens (tertiary/aromatic N) is 1. The fourth-order valence-electron chi connectivity index (χ4n) is 6.32. The van der Waals surface area contributed by atoms with E-state index in [0.29, 0.717) is 24.1 Å². The molecule has 0 saturated carbocycles. The molecule has 11 nitrogen and oxygen atoms in total. The lowest BCUT2D eigenvalue weighted by atomic mass is 9.84. The summed E-state index contributed by atoms with van der Waals surface area (Å²) in [7, 11) is 1.26. The minimum absolute atomic E-state index is 0.197. The van der Waals surface area contributed by atoms with Gasteiger partial charge in [-0.25, -0.2) is 9.59 Å². The van der Waals surface area contributed by atoms with Gasteiger partial charge in [0, 0.05) is 23.7 Å². The number of anilines is 1. The number of hydrogen-bond donors (Lipinski definition) is 3. The van der Waals surface area contributed by atoms with E-state index in [1.807, 2.05) is 112 Å². The molecule has 0 aromatic heterocycles. The second-order valence-corrected chi connectivity index (χ2v) is 13.9. The van der Waals surface area contributed by atoms with Crippen molar-refractivity contribution in [2.24, 2.45) is 0 Å². The van der Waals surface area contributed by atoms with Gasteiger partial charge in [-0.1, -0.05) is 97.1 Å². The highest BCUT2D eigenvalue weighted by Gasteiger charge is 2.36. The lowest BCUT2D eigenvalue weighted by Crippen LogP contribution is -2.57. The molecule has 3 N–H and O–H groups in total. The average Bonchev–Trinajstić information content (AvgIpc) is 3.17. The van der Waals surface area contributed by atoms with Gasteiger partial charge in [-0.05, 0) is 68.5 Å². The van der Waals surface area contributed by atoms with Gasteiger partial charge in [-0.3, -0.25) is 14.5 Å². The van der Waals surface area contributed by atoms with E-state index in [4.69, 9.17) is 14.2 Å². The van der Waals surface area contributed by atoms with E-state index < -0.39 is 41.7 Å². The maximum Gasteiger partial charge on any atom is 0.410 e. The highest BCUT2D eigenvalue weighted by Crippen LogP contribution is 2.30. The number of ether oxygens (including phenoxy) is 3. The number of carbonyl (C=O) groups is 4. The van der Waals surface area contributed by atoms with Crippen molar-refractivity contribution in [1.82, 2.24) is 15.5 Å². The molecule has 1 saturated heterocycles. The molecule has 0 aliphatic carbocycles. The molecule has 0 bridgehead atoms. The second-order valence-electron chi connectivity index (χ2n) is 13.9. The van der Waals surface area contributed by atoms with Gasteiger partial charge in [0.25, 0.3) is 5.91 Å². The van der Waals surface area contributed by atoms with Crippen LogP contribution in [0.4, 0.5) is 15.3 Å². The number of aryl methyl sites for hydroxylation is 1. The van der Waals surface area contributed by atoms with Crippen LogP contribution >= 0.6 is 0 Å². The molecule has 1 aliphatic rings. The van der Waals surface area contributed by atoms with Crippen molar-refractivity contribution in [3.05, 3.63) is 138 Å². The number of hydrogen-bond acceptors (Lipinski definition) is 7. The van der Waals surface area contributed by atoms with Crippen molar-refractivity contribution in [3.8, 4) is 0 Å². The molecule has 278 valence electrons. The number of methoxy groups -OCH3 is 1. The van der Waals surface area contributed by atoms with Gasteiger partial charge in [-0.15, -0.1) is 0 Å². The Morgan fingerprint density at radius 1 is 0.830 bits per heavy atom. The number of para-hydroxylation sites is 1. The third-order valence-corrected chi connectivity index (χ3v) is 8.93. The molecule has 5 rings (SSSR count). The van der Waals surface area contributed by atoms with Crippen molar-refractivity contribution in [2.45, 2.75) is 63.3 Å². The fraction of sp³-hybridized carbons (Fsp3) is 0.333. The van der Waals surface area contributed by atoms with Crippen LogP contribution in [0, 0.1) is 0 Å². The summed E-state index contributed by atoms with van der Waals surface area (Å²) in [5.74, 6) is -1.16. The van der Waals surface area contributed by atoms with Crippen molar-refractivity contribution in [1.29, 1.82) is 0 Å². The van der Waals surface area contributed by atoms with Crippen LogP contribution in [0.2, 0.25) is 0 Å². The Bertz CT molecular complexity index is 1780. The van der Waals surface area contributed by atoms with E-state index in [2.05, 4.69) is 16.0 Å². The van der Waals surface area contributed by atoms with Crippen LogP contribution in [0.25, 0.3) is 0 Å². The topological polar surface area (TPSA) is 135 Å². The minimum atomic E-state index is -1.01. The Hall–Kier alpha value is -5.68. The zero-order valence-corrected chi connectivity index (χ0v) is 30.6. The Balaban J connectivity index is 1.30. The number of amides is 4. The van der Waals surface area contributed by atoms with Crippen molar-refractivity contribution in [2.75, 3.05) is 32.1 Å². The molecule has 0 spiro atoms. The molecule has 53 heavy (non-hydrogen) atoms. The predicted octanol–water partition coefficient (Wildman–Crippen LogP) is 6.55. The minimum Gasteiger partial charge on any atom is -0.453 e. The highest BCUT2D eigenvalue weighted by atomic mass is 16.6. The molecule has 11 heteroatoms. The van der Waals surface area contributed by atoms with Gasteiger partial charge >= 0.3 is 12.2 Å². The van der Waals surface area contributed by atoms with Gasteiger partial charge < -0.3 is 30.2 Å². The lowest BCUT2D eigenvalue weighted by molar-refractivity contribution is -0.118. The first-order chi connectivity index (χ1) is 25.5. The van der Waals surface area contributed by atoms with Gasteiger partial charge in [0.15, 0.2) is 0 Å². The summed E-state index contributed by atoms with van der Waals surface area (Å²) < 4.78 is 16.9. The van der Waals surface area contributed by atoms with Gasteiger partial charge in [-0.2, -0.15) is 0 Å². The van der Waals surface area contributed by atoms with Crippen LogP contribution in [-0.4, -0.2) is 79.5 Å². The molecular weight excluding hydrogens is 672 g/mol. The van der Waals surface area contributed by atoms with E-state index in [0.717, 1.165) is 16.7 Å². The zero-order chi connectivity index (χ0) is 37.8. The SMILES string of the molecule is COC(=O)N[C@H](C(=O)Nc1ccccc1CC[C@@H]1CN(C(=O)OC(C)(C)C)[C@H](CNC(=O)c2ccccc2)CO1)C(c1ccccc1)c1ccccc1. The van der Waals surface area contributed by atoms with E-state index >= 15 is 0 Å². The highest BCUT2D eigenvalue weighted by molar-refractivity contribution is 5.98. The van der Waals surface area contributed by atoms with Gasteiger partial charge in [0.05, 0.1) is 32.4 Å². The number of morpholine rings is 1. The Labute approximate surface area is 311 Å². The molecule has 1 aliphatic heterocycles. The van der Waals surface area contributed by atoms with Crippen LogP contribution in [0.3, 0.4) is 0 Å². The average molecular weight is 721 g/mol. The van der Waals surface area contributed by atoms with Crippen LogP contribution in [0.15, 0.2) is 115 Å².